The lowest BCUT2D eigenvalue weighted by Gasteiger charge is -2.33. The van der Waals surface area contributed by atoms with Gasteiger partial charge in [-0.3, -0.25) is 9.69 Å². The van der Waals surface area contributed by atoms with Gasteiger partial charge in [0.05, 0.1) is 5.56 Å². The summed E-state index contributed by atoms with van der Waals surface area (Å²) in [6.07, 6.45) is -0.865. The van der Waals surface area contributed by atoms with Crippen LogP contribution in [0.3, 0.4) is 0 Å². The van der Waals surface area contributed by atoms with Crippen molar-refractivity contribution in [2.75, 3.05) is 13.3 Å². The minimum atomic E-state index is -1.16. The van der Waals surface area contributed by atoms with Gasteiger partial charge in [0.15, 0.2) is 0 Å². The van der Waals surface area contributed by atoms with Crippen molar-refractivity contribution >= 4 is 18.0 Å². The first-order valence-corrected chi connectivity index (χ1v) is 8.26. The summed E-state index contributed by atoms with van der Waals surface area (Å²) in [5.41, 5.74) is 0.642. The van der Waals surface area contributed by atoms with Crippen LogP contribution in [0.15, 0.2) is 24.3 Å². The molecule has 7 heteroatoms. The van der Waals surface area contributed by atoms with Crippen LogP contribution in [0.1, 0.15) is 57.5 Å². The molecule has 0 unspecified atom stereocenters. The maximum absolute atomic E-state index is 12.0. The average molecular weight is 365 g/mol. The Hall–Kier alpha value is -2.57. The van der Waals surface area contributed by atoms with E-state index in [4.69, 9.17) is 14.6 Å². The average Bonchev–Trinajstić information content (AvgIpc) is 2.50. The molecule has 0 aromatic heterocycles. The van der Waals surface area contributed by atoms with Crippen molar-refractivity contribution in [3.8, 4) is 0 Å². The summed E-state index contributed by atoms with van der Waals surface area (Å²) in [7, 11) is 0. The van der Waals surface area contributed by atoms with E-state index in [1.165, 1.54) is 0 Å². The second-order valence-corrected chi connectivity index (χ2v) is 7.94. The zero-order chi connectivity index (χ0) is 20.1. The summed E-state index contributed by atoms with van der Waals surface area (Å²) in [5, 5.41) is 8.90. The Kier molecular flexibility index (Phi) is 6.78. The Balaban J connectivity index is 2.62. The molecule has 0 aliphatic heterocycles. The van der Waals surface area contributed by atoms with Crippen molar-refractivity contribution < 1.29 is 29.0 Å². The van der Waals surface area contributed by atoms with Crippen LogP contribution in [-0.4, -0.2) is 46.9 Å². The minimum Gasteiger partial charge on any atom is -0.480 e. The topological polar surface area (TPSA) is 93.1 Å². The van der Waals surface area contributed by atoms with Crippen LogP contribution >= 0.6 is 0 Å². The molecule has 0 spiro atoms. The quantitative estimate of drug-likeness (QED) is 0.635. The lowest BCUT2D eigenvalue weighted by atomic mass is 9.87. The summed E-state index contributed by atoms with van der Waals surface area (Å²) in [4.78, 5) is 36.0. The number of esters is 1. The third-order valence-corrected chi connectivity index (χ3v) is 3.68. The Morgan fingerprint density at radius 1 is 0.962 bits per heavy atom. The van der Waals surface area contributed by atoms with Crippen LogP contribution in [-0.2, 0) is 19.7 Å². The van der Waals surface area contributed by atoms with E-state index in [2.05, 4.69) is 20.8 Å². The van der Waals surface area contributed by atoms with Crippen molar-refractivity contribution in [1.82, 2.24) is 4.90 Å². The molecule has 0 saturated carbocycles. The summed E-state index contributed by atoms with van der Waals surface area (Å²) in [5.74, 6) is -1.79. The molecule has 26 heavy (non-hydrogen) atoms. The monoisotopic (exact) mass is 365 g/mol. The maximum atomic E-state index is 12.0. The maximum Gasteiger partial charge on any atom is 0.413 e. The number of carboxylic acid groups (broad SMARTS) is 1. The molecule has 144 valence electrons. The zero-order valence-electron chi connectivity index (χ0n) is 16.2. The van der Waals surface area contributed by atoms with Crippen LogP contribution in [0.2, 0.25) is 0 Å². The number of hydrogen-bond acceptors (Lipinski definition) is 5. The van der Waals surface area contributed by atoms with Gasteiger partial charge in [-0.25, -0.2) is 9.59 Å². The van der Waals surface area contributed by atoms with Crippen LogP contribution in [0.25, 0.3) is 0 Å². The second kappa shape index (κ2) is 8.21. The number of nitrogens with zero attached hydrogens (tertiary/aromatic N) is 1. The van der Waals surface area contributed by atoms with Crippen molar-refractivity contribution in [2.24, 2.45) is 0 Å². The number of ether oxygens (including phenoxy) is 2. The molecule has 1 N–H and O–H groups in total. The van der Waals surface area contributed by atoms with Gasteiger partial charge in [0.2, 0.25) is 6.79 Å². The molecule has 0 bridgehead atoms. The van der Waals surface area contributed by atoms with Gasteiger partial charge in [0, 0.05) is 5.54 Å². The van der Waals surface area contributed by atoms with E-state index in [1.54, 1.807) is 32.9 Å². The first-order chi connectivity index (χ1) is 11.8. The van der Waals surface area contributed by atoms with E-state index in [0.29, 0.717) is 5.56 Å². The highest BCUT2D eigenvalue weighted by Crippen LogP contribution is 2.22. The second-order valence-electron chi connectivity index (χ2n) is 7.94. The van der Waals surface area contributed by atoms with E-state index in [9.17, 15) is 14.4 Å². The molecule has 0 aliphatic rings. The summed E-state index contributed by atoms with van der Waals surface area (Å²) < 4.78 is 9.82. The molecule has 0 heterocycles. The Bertz CT molecular complexity index is 652. The van der Waals surface area contributed by atoms with Gasteiger partial charge < -0.3 is 14.6 Å². The lowest BCUT2D eigenvalue weighted by molar-refractivity contribution is -0.139. The molecule has 0 aliphatic carbocycles. The van der Waals surface area contributed by atoms with Crippen molar-refractivity contribution in [2.45, 2.75) is 52.5 Å². The predicted octanol–water partition coefficient (Wildman–Crippen LogP) is 3.42. The largest absolute Gasteiger partial charge is 0.480 e. The van der Waals surface area contributed by atoms with Gasteiger partial charge in [0.25, 0.3) is 0 Å². The Labute approximate surface area is 153 Å². The highest BCUT2D eigenvalue weighted by molar-refractivity contribution is 5.89. The molecule has 0 fully saturated rings. The number of carbonyl (C=O) groups excluding carboxylic acids is 2. The third-order valence-electron chi connectivity index (χ3n) is 3.68. The minimum absolute atomic E-state index is 0.0292. The normalized spacial score (nSPS) is 11.6. The van der Waals surface area contributed by atoms with Gasteiger partial charge in [-0.1, -0.05) is 32.9 Å². The number of amides is 1. The molecule has 1 aromatic rings. The smallest absolute Gasteiger partial charge is 0.413 e. The van der Waals surface area contributed by atoms with E-state index >= 15 is 0 Å². The van der Waals surface area contributed by atoms with E-state index in [0.717, 1.165) is 10.5 Å². The first-order valence-electron chi connectivity index (χ1n) is 8.26. The number of hydrogen-bond donors (Lipinski definition) is 1. The Morgan fingerprint density at radius 2 is 1.50 bits per heavy atom. The van der Waals surface area contributed by atoms with Crippen LogP contribution in [0, 0.1) is 0 Å². The van der Waals surface area contributed by atoms with Gasteiger partial charge in [-0.05, 0) is 43.9 Å². The standard InChI is InChI=1S/C19H27NO6/c1-18(2,3)14-9-7-13(8-10-14)16(23)25-12-26-17(24)20(11-15(21)22)19(4,5)6/h7-10H,11-12H2,1-6H3,(H,21,22). The lowest BCUT2D eigenvalue weighted by Crippen LogP contribution is -2.48. The third kappa shape index (κ3) is 6.38. The number of carboxylic acids is 1. The van der Waals surface area contributed by atoms with Crippen molar-refractivity contribution in [3.63, 3.8) is 0 Å². The molecular weight excluding hydrogens is 338 g/mol. The highest BCUT2D eigenvalue weighted by atomic mass is 16.7. The first kappa shape index (κ1) is 21.5. The van der Waals surface area contributed by atoms with E-state index < -0.39 is 36.9 Å². The summed E-state index contributed by atoms with van der Waals surface area (Å²) in [6, 6.07) is 6.99. The number of carbonyl (C=O) groups is 3. The molecule has 1 amide bonds. The highest BCUT2D eigenvalue weighted by Gasteiger charge is 2.30. The molecule has 1 aromatic carbocycles. The molecule has 0 saturated heterocycles. The fraction of sp³-hybridized carbons (Fsp3) is 0.526. The Morgan fingerprint density at radius 3 is 1.92 bits per heavy atom. The molecule has 7 nitrogen and oxygen atoms in total. The molecular formula is C19H27NO6. The van der Waals surface area contributed by atoms with Gasteiger partial charge in [0.1, 0.15) is 6.54 Å². The van der Waals surface area contributed by atoms with E-state index in [1.807, 2.05) is 12.1 Å². The number of aliphatic carboxylic acids is 1. The number of rotatable bonds is 5. The number of benzene rings is 1. The summed E-state index contributed by atoms with van der Waals surface area (Å²) in [6.45, 7) is 10.1. The van der Waals surface area contributed by atoms with Crippen LogP contribution in [0.5, 0.6) is 0 Å². The fourth-order valence-electron chi connectivity index (χ4n) is 2.11. The predicted molar refractivity (Wildman–Crippen MR) is 96.0 cm³/mol. The van der Waals surface area contributed by atoms with Gasteiger partial charge in [-0.15, -0.1) is 0 Å². The van der Waals surface area contributed by atoms with Crippen molar-refractivity contribution in [3.05, 3.63) is 35.4 Å². The van der Waals surface area contributed by atoms with Crippen molar-refractivity contribution in [1.29, 1.82) is 0 Å². The SMILES string of the molecule is CC(C)(C)c1ccc(C(=O)OCOC(=O)N(CC(=O)O)C(C)(C)C)cc1. The van der Waals surface area contributed by atoms with Gasteiger partial charge >= 0.3 is 18.0 Å². The van der Waals surface area contributed by atoms with E-state index in [-0.39, 0.29) is 5.41 Å². The summed E-state index contributed by atoms with van der Waals surface area (Å²) >= 11 is 0. The fourth-order valence-corrected chi connectivity index (χ4v) is 2.11. The van der Waals surface area contributed by atoms with Crippen LogP contribution in [0.4, 0.5) is 4.79 Å². The van der Waals surface area contributed by atoms with Crippen LogP contribution < -0.4 is 0 Å². The molecule has 0 radical (unpaired) electrons. The zero-order valence-corrected chi connectivity index (χ0v) is 16.2. The molecule has 1 rings (SSSR count). The molecule has 0 atom stereocenters. The van der Waals surface area contributed by atoms with Gasteiger partial charge in [-0.2, -0.15) is 0 Å².